The molecule has 310 valence electrons. The van der Waals surface area contributed by atoms with Crippen LogP contribution >= 0.6 is 0 Å². The summed E-state index contributed by atoms with van der Waals surface area (Å²) in [7, 11) is -3.81. The minimum absolute atomic E-state index is 0.574. The molecule has 0 N–H and O–H groups in total. The molecule has 7 rings (SSSR count). The lowest BCUT2D eigenvalue weighted by molar-refractivity contribution is 0.838. The van der Waals surface area contributed by atoms with Crippen LogP contribution in [0.5, 0.6) is 0 Å². The average Bonchev–Trinajstić information content (AvgIpc) is 3.24. The van der Waals surface area contributed by atoms with Gasteiger partial charge >= 0.3 is 0 Å². The fraction of sp³-hybridized carbons (Fsp3) is 0.300. The zero-order valence-electron chi connectivity index (χ0n) is 39.0. The van der Waals surface area contributed by atoms with Gasteiger partial charge < -0.3 is 0 Å². The van der Waals surface area contributed by atoms with Crippen molar-refractivity contribution in [2.24, 2.45) is 0 Å². The molecule has 0 aliphatic rings. The maximum absolute atomic E-state index is 3.96. The SMILES string of the molecule is CC(C)[Si](C#Cc1ccc2cc3c(C#Cc4ccccc4)c4cc5cc(C#C[Si](C(C)C)(C(C)C)C(C)C)ccc5cc4c(C#Cc4ccccc4)c3cc2c1)(C(C)C)C(C)C. The van der Waals surface area contributed by atoms with Gasteiger partial charge in [-0.05, 0) is 149 Å². The van der Waals surface area contributed by atoms with Gasteiger partial charge in [-0.3, -0.25) is 0 Å². The van der Waals surface area contributed by atoms with Crippen molar-refractivity contribution >= 4 is 59.2 Å². The largest absolute Gasteiger partial charge is 0.146 e. The van der Waals surface area contributed by atoms with Gasteiger partial charge in [0.2, 0.25) is 0 Å². The quantitative estimate of drug-likeness (QED) is 0.0889. The molecule has 0 aliphatic heterocycles. The number of rotatable bonds is 6. The van der Waals surface area contributed by atoms with Crippen LogP contribution in [0, 0.1) is 46.6 Å². The van der Waals surface area contributed by atoms with E-state index in [0.717, 1.165) is 65.7 Å². The monoisotopic (exact) mass is 838 g/mol. The van der Waals surface area contributed by atoms with Crippen LogP contribution in [0.25, 0.3) is 43.1 Å². The van der Waals surface area contributed by atoms with Crippen molar-refractivity contribution in [3.8, 4) is 46.6 Å². The third-order valence-corrected chi connectivity index (χ3v) is 26.4. The van der Waals surface area contributed by atoms with Crippen molar-refractivity contribution in [3.05, 3.63) is 155 Å². The molecule has 0 bridgehead atoms. The predicted molar refractivity (Wildman–Crippen MR) is 277 cm³/mol. The highest BCUT2D eigenvalue weighted by Crippen LogP contribution is 2.43. The van der Waals surface area contributed by atoms with Crippen LogP contribution in [-0.4, -0.2) is 16.1 Å². The summed E-state index contributed by atoms with van der Waals surface area (Å²) in [5, 5.41) is 9.06. The number of benzene rings is 7. The van der Waals surface area contributed by atoms with Gasteiger partial charge in [0, 0.05) is 33.4 Å². The first-order valence-corrected chi connectivity index (χ1v) is 27.2. The molecule has 0 saturated carbocycles. The second-order valence-electron chi connectivity index (χ2n) is 19.2. The van der Waals surface area contributed by atoms with E-state index in [1.54, 1.807) is 0 Å². The highest BCUT2D eigenvalue weighted by Gasteiger charge is 2.42. The van der Waals surface area contributed by atoms with E-state index in [4.69, 9.17) is 0 Å². The van der Waals surface area contributed by atoms with Gasteiger partial charge in [-0.2, -0.15) is 0 Å². The first kappa shape index (κ1) is 44.3. The summed E-state index contributed by atoms with van der Waals surface area (Å²) in [6, 6.07) is 43.5. The lowest BCUT2D eigenvalue weighted by atomic mass is 9.88. The summed E-state index contributed by atoms with van der Waals surface area (Å²) in [4.78, 5) is 0. The maximum atomic E-state index is 3.96. The minimum atomic E-state index is -1.90. The van der Waals surface area contributed by atoms with Gasteiger partial charge in [0.05, 0.1) is 0 Å². The molecule has 0 fully saturated rings. The Labute approximate surface area is 375 Å². The van der Waals surface area contributed by atoms with Crippen molar-refractivity contribution in [2.45, 2.75) is 116 Å². The molecule has 0 radical (unpaired) electrons. The third kappa shape index (κ3) is 8.54. The normalized spacial score (nSPS) is 11.9. The fourth-order valence-corrected chi connectivity index (χ4v) is 21.1. The van der Waals surface area contributed by atoms with E-state index in [0.29, 0.717) is 33.2 Å². The average molecular weight is 839 g/mol. The molecule has 62 heavy (non-hydrogen) atoms. The molecule has 0 heterocycles. The first-order valence-electron chi connectivity index (χ1n) is 22.8. The van der Waals surface area contributed by atoms with Crippen LogP contribution < -0.4 is 0 Å². The Balaban J connectivity index is 1.53. The number of fused-ring (bicyclic) bond motifs is 4. The number of hydrogen-bond donors (Lipinski definition) is 0. The smallest absolute Gasteiger partial charge is 0.125 e. The second kappa shape index (κ2) is 18.3. The molecule has 7 aromatic rings. The van der Waals surface area contributed by atoms with E-state index >= 15 is 0 Å². The Morgan fingerprint density at radius 3 is 0.903 bits per heavy atom. The molecular formula is C60H62Si2. The van der Waals surface area contributed by atoms with E-state index in [1.807, 2.05) is 12.1 Å². The molecule has 7 aromatic carbocycles. The van der Waals surface area contributed by atoms with Gasteiger partial charge in [-0.15, -0.1) is 11.1 Å². The second-order valence-corrected chi connectivity index (χ2v) is 30.4. The molecule has 0 saturated heterocycles. The van der Waals surface area contributed by atoms with E-state index < -0.39 is 16.1 Å². The van der Waals surface area contributed by atoms with E-state index in [-0.39, 0.29) is 0 Å². The number of hydrogen-bond acceptors (Lipinski definition) is 0. The Morgan fingerprint density at radius 2 is 0.597 bits per heavy atom. The van der Waals surface area contributed by atoms with Crippen molar-refractivity contribution in [1.82, 2.24) is 0 Å². The van der Waals surface area contributed by atoms with Crippen molar-refractivity contribution in [1.29, 1.82) is 0 Å². The van der Waals surface area contributed by atoms with Gasteiger partial charge in [0.15, 0.2) is 0 Å². The molecule has 0 aromatic heterocycles. The van der Waals surface area contributed by atoms with E-state index in [9.17, 15) is 0 Å². The topological polar surface area (TPSA) is 0 Å². The van der Waals surface area contributed by atoms with Crippen LogP contribution in [0.3, 0.4) is 0 Å². The lowest BCUT2D eigenvalue weighted by Gasteiger charge is -2.38. The molecule has 0 unspecified atom stereocenters. The van der Waals surface area contributed by atoms with Crippen LogP contribution in [0.15, 0.2) is 121 Å². The van der Waals surface area contributed by atoms with Gasteiger partial charge in [0.25, 0.3) is 0 Å². The molecule has 0 nitrogen and oxygen atoms in total. The molecule has 0 amide bonds. The molecule has 0 atom stereocenters. The summed E-state index contributed by atoms with van der Waals surface area (Å²) in [6.45, 7) is 28.5. The summed E-state index contributed by atoms with van der Waals surface area (Å²) in [5.74, 6) is 22.0. The van der Waals surface area contributed by atoms with Gasteiger partial charge in [0.1, 0.15) is 16.1 Å². The maximum Gasteiger partial charge on any atom is 0.146 e. The Kier molecular flexibility index (Phi) is 13.1. The Morgan fingerprint density at radius 1 is 0.290 bits per heavy atom. The van der Waals surface area contributed by atoms with Crippen LogP contribution in [0.4, 0.5) is 0 Å². The summed E-state index contributed by atoms with van der Waals surface area (Å²) in [6.07, 6.45) is 0. The molecule has 2 heteroatoms. The molecular weight excluding hydrogens is 777 g/mol. The van der Waals surface area contributed by atoms with E-state index in [1.165, 1.54) is 10.8 Å². The Bertz CT molecular complexity index is 2790. The summed E-state index contributed by atoms with van der Waals surface area (Å²) >= 11 is 0. The summed E-state index contributed by atoms with van der Waals surface area (Å²) < 4.78 is 0. The van der Waals surface area contributed by atoms with Crippen LogP contribution in [0.1, 0.15) is 116 Å². The Hall–Kier alpha value is -5.75. The zero-order chi connectivity index (χ0) is 44.3. The molecule has 0 spiro atoms. The van der Waals surface area contributed by atoms with Crippen molar-refractivity contribution in [3.63, 3.8) is 0 Å². The highest BCUT2D eigenvalue weighted by molar-refractivity contribution is 6.91. The molecule has 0 aliphatic carbocycles. The van der Waals surface area contributed by atoms with Crippen LogP contribution in [0.2, 0.25) is 33.2 Å². The standard InChI is InChI=1S/C60H62Si2/c1-41(2)61(42(3)4,43(5)6)33-31-49-23-27-51-37-57-56(30-26-48-21-17-14-18-22-48)60-40-54-36-50(32-34-62(44(7)8,45(9)10)46(11)12)24-28-52(54)38-58(60)55(59(57)39-53(51)35-49)29-25-47-19-15-13-16-20-47/h13-24,27-28,35-46H,1-12H3. The van der Waals surface area contributed by atoms with Crippen LogP contribution in [-0.2, 0) is 0 Å². The predicted octanol–water partition coefficient (Wildman–Crippen LogP) is 16.2. The summed E-state index contributed by atoms with van der Waals surface area (Å²) in [5.41, 5.74) is 17.5. The fourth-order valence-electron chi connectivity index (χ4n) is 10.7. The zero-order valence-corrected chi connectivity index (χ0v) is 41.0. The first-order chi connectivity index (χ1) is 29.6. The minimum Gasteiger partial charge on any atom is -0.125 e. The third-order valence-electron chi connectivity index (χ3n) is 13.8. The van der Waals surface area contributed by atoms with E-state index in [2.05, 4.69) is 239 Å². The lowest BCUT2D eigenvalue weighted by Crippen LogP contribution is -2.43. The van der Waals surface area contributed by atoms with Gasteiger partial charge in [-0.25, -0.2) is 0 Å². The highest BCUT2D eigenvalue weighted by atomic mass is 28.3. The van der Waals surface area contributed by atoms with Gasteiger partial charge in [-0.1, -0.05) is 167 Å². The van der Waals surface area contributed by atoms with Crippen molar-refractivity contribution in [2.75, 3.05) is 0 Å². The van der Waals surface area contributed by atoms with Crippen molar-refractivity contribution < 1.29 is 0 Å².